The van der Waals surface area contributed by atoms with Gasteiger partial charge < -0.3 is 0 Å². The molecule has 0 aliphatic heterocycles. The maximum Gasteiger partial charge on any atom is 0.00944 e. The van der Waals surface area contributed by atoms with Gasteiger partial charge in [-0.05, 0) is 31.9 Å². The third kappa shape index (κ3) is 1.84. The Labute approximate surface area is 78.4 Å². The van der Waals surface area contributed by atoms with Crippen molar-refractivity contribution in [3.63, 3.8) is 0 Å². The number of hydrogen-bond acceptors (Lipinski definition) is 1. The molecule has 1 aliphatic rings. The lowest BCUT2D eigenvalue weighted by Crippen LogP contribution is -2.12. The smallest absolute Gasteiger partial charge is 0.00944 e. The van der Waals surface area contributed by atoms with Crippen LogP contribution in [0.5, 0.6) is 0 Å². The molecule has 1 aromatic carbocycles. The Kier molecular flexibility index (Phi) is 2.40. The third-order valence-corrected chi connectivity index (χ3v) is 3.68. The van der Waals surface area contributed by atoms with E-state index in [1.165, 1.54) is 29.7 Å². The van der Waals surface area contributed by atoms with Crippen LogP contribution in [0.1, 0.15) is 24.8 Å². The van der Waals surface area contributed by atoms with E-state index in [-0.39, 0.29) is 0 Å². The van der Waals surface area contributed by atoms with Crippen LogP contribution in [0.25, 0.3) is 0 Å². The van der Waals surface area contributed by atoms with Gasteiger partial charge in [-0.1, -0.05) is 24.1 Å². The topological polar surface area (TPSA) is 0 Å². The summed E-state index contributed by atoms with van der Waals surface area (Å²) in [6, 6.07) is 8.81. The molecule has 1 saturated carbocycles. The van der Waals surface area contributed by atoms with E-state index in [1.54, 1.807) is 0 Å². The van der Waals surface area contributed by atoms with Crippen molar-refractivity contribution in [3.8, 4) is 0 Å². The second kappa shape index (κ2) is 3.53. The highest BCUT2D eigenvalue weighted by atomic mass is 32.2. The molecule has 12 heavy (non-hydrogen) atoms. The predicted molar refractivity (Wildman–Crippen MR) is 54.7 cm³/mol. The van der Waals surface area contributed by atoms with E-state index in [2.05, 4.69) is 31.2 Å². The van der Waals surface area contributed by atoms with Gasteiger partial charge in [-0.25, -0.2) is 0 Å². The molecule has 0 unspecified atom stereocenters. The molecule has 0 N–H and O–H groups in total. The molecule has 0 nitrogen and oxygen atoms in total. The van der Waals surface area contributed by atoms with Crippen LogP contribution in [0.2, 0.25) is 0 Å². The van der Waals surface area contributed by atoms with Crippen LogP contribution in [0, 0.1) is 6.92 Å². The zero-order valence-electron chi connectivity index (χ0n) is 7.42. The highest BCUT2D eigenvalue weighted by molar-refractivity contribution is 8.00. The first-order chi connectivity index (χ1) is 5.84. The normalized spacial score (nSPS) is 17.4. The van der Waals surface area contributed by atoms with E-state index >= 15 is 0 Å². The van der Waals surface area contributed by atoms with Gasteiger partial charge in [0, 0.05) is 10.1 Å². The first kappa shape index (κ1) is 8.18. The van der Waals surface area contributed by atoms with Crippen LogP contribution in [0.15, 0.2) is 29.2 Å². The molecule has 1 fully saturated rings. The van der Waals surface area contributed by atoms with Crippen molar-refractivity contribution in [1.29, 1.82) is 0 Å². The number of rotatable bonds is 2. The van der Waals surface area contributed by atoms with E-state index in [0.717, 1.165) is 5.25 Å². The monoisotopic (exact) mass is 178 g/mol. The van der Waals surface area contributed by atoms with Gasteiger partial charge in [0.15, 0.2) is 0 Å². The van der Waals surface area contributed by atoms with Crippen LogP contribution >= 0.6 is 11.8 Å². The van der Waals surface area contributed by atoms with Crippen LogP contribution in [-0.2, 0) is 0 Å². The second-order valence-electron chi connectivity index (χ2n) is 3.49. The molecule has 0 saturated heterocycles. The molecule has 0 atom stereocenters. The number of thioether (sulfide) groups is 1. The van der Waals surface area contributed by atoms with Gasteiger partial charge in [0.2, 0.25) is 0 Å². The molecule has 64 valence electrons. The van der Waals surface area contributed by atoms with Crippen molar-refractivity contribution < 1.29 is 0 Å². The molecule has 1 aromatic rings. The first-order valence-electron chi connectivity index (χ1n) is 4.58. The lowest BCUT2D eigenvalue weighted by molar-refractivity contribution is 0.522. The summed E-state index contributed by atoms with van der Waals surface area (Å²) in [7, 11) is 0. The lowest BCUT2D eigenvalue weighted by Gasteiger charge is -2.24. The maximum absolute atomic E-state index is 2.28. The van der Waals surface area contributed by atoms with E-state index in [9.17, 15) is 0 Å². The van der Waals surface area contributed by atoms with Gasteiger partial charge in [-0.15, -0.1) is 11.8 Å². The predicted octanol–water partition coefficient (Wildman–Crippen LogP) is 3.64. The summed E-state index contributed by atoms with van der Waals surface area (Å²) in [4.78, 5) is 1.44. The Morgan fingerprint density at radius 3 is 2.75 bits per heavy atom. The zero-order valence-corrected chi connectivity index (χ0v) is 8.23. The quantitative estimate of drug-likeness (QED) is 0.666. The Morgan fingerprint density at radius 1 is 1.33 bits per heavy atom. The van der Waals surface area contributed by atoms with Crippen molar-refractivity contribution >= 4 is 11.8 Å². The Hall–Kier alpha value is -0.430. The van der Waals surface area contributed by atoms with E-state index in [1.807, 2.05) is 11.8 Å². The van der Waals surface area contributed by atoms with Gasteiger partial charge in [0.25, 0.3) is 0 Å². The molecule has 2 rings (SSSR count). The zero-order chi connectivity index (χ0) is 8.39. The average molecular weight is 178 g/mol. The summed E-state index contributed by atoms with van der Waals surface area (Å²) in [5.41, 5.74) is 1.37. The van der Waals surface area contributed by atoms with Crippen LogP contribution in [0.3, 0.4) is 0 Å². The number of benzene rings is 1. The summed E-state index contributed by atoms with van der Waals surface area (Å²) in [6.45, 7) is 2.16. The van der Waals surface area contributed by atoms with Crippen molar-refractivity contribution in [2.45, 2.75) is 36.3 Å². The fourth-order valence-electron chi connectivity index (χ4n) is 1.37. The summed E-state index contributed by atoms with van der Waals surface area (Å²) in [6.07, 6.45) is 4.26. The first-order valence-corrected chi connectivity index (χ1v) is 5.46. The summed E-state index contributed by atoms with van der Waals surface area (Å²) in [5.74, 6) is 0. The summed E-state index contributed by atoms with van der Waals surface area (Å²) in [5, 5.41) is 0.909. The number of hydrogen-bond donors (Lipinski definition) is 0. The van der Waals surface area contributed by atoms with Crippen molar-refractivity contribution in [3.05, 3.63) is 29.8 Å². The molecule has 0 radical (unpaired) electrons. The Balaban J connectivity index is 2.02. The second-order valence-corrected chi connectivity index (χ2v) is 4.86. The highest BCUT2D eigenvalue weighted by Gasteiger charge is 2.17. The average Bonchev–Trinajstić information content (AvgIpc) is 1.97. The molecular formula is C11H14S. The Bertz CT molecular complexity index is 263. The van der Waals surface area contributed by atoms with Crippen LogP contribution < -0.4 is 0 Å². The molecule has 0 bridgehead atoms. The van der Waals surface area contributed by atoms with E-state index in [4.69, 9.17) is 0 Å². The fraction of sp³-hybridized carbons (Fsp3) is 0.455. The third-order valence-electron chi connectivity index (χ3n) is 2.34. The molecule has 0 heterocycles. The molecular weight excluding hydrogens is 164 g/mol. The van der Waals surface area contributed by atoms with E-state index in [0.29, 0.717) is 0 Å². The van der Waals surface area contributed by atoms with Crippen molar-refractivity contribution in [1.82, 2.24) is 0 Å². The summed E-state index contributed by atoms with van der Waals surface area (Å²) >= 11 is 2.04. The van der Waals surface area contributed by atoms with Gasteiger partial charge in [-0.2, -0.15) is 0 Å². The van der Waals surface area contributed by atoms with Gasteiger partial charge in [-0.3, -0.25) is 0 Å². The SMILES string of the molecule is Cc1cccc(SC2CCC2)c1. The fourth-order valence-corrected chi connectivity index (χ4v) is 2.73. The van der Waals surface area contributed by atoms with Crippen molar-refractivity contribution in [2.24, 2.45) is 0 Å². The standard InChI is InChI=1S/C11H14S/c1-9-4-2-7-11(8-9)12-10-5-3-6-10/h2,4,7-8,10H,3,5-6H2,1H3. The van der Waals surface area contributed by atoms with Crippen molar-refractivity contribution in [2.75, 3.05) is 0 Å². The molecule has 0 aromatic heterocycles. The molecule has 1 aliphatic carbocycles. The minimum absolute atomic E-state index is 0.909. The summed E-state index contributed by atoms with van der Waals surface area (Å²) < 4.78 is 0. The molecule has 0 amide bonds. The largest absolute Gasteiger partial charge is 0.123 e. The molecule has 0 spiro atoms. The number of aryl methyl sites for hydroxylation is 1. The lowest BCUT2D eigenvalue weighted by atomic mass is 10.0. The van der Waals surface area contributed by atoms with E-state index < -0.39 is 0 Å². The van der Waals surface area contributed by atoms with Gasteiger partial charge >= 0.3 is 0 Å². The highest BCUT2D eigenvalue weighted by Crippen LogP contribution is 2.36. The maximum atomic E-state index is 2.28. The Morgan fingerprint density at radius 2 is 2.17 bits per heavy atom. The van der Waals surface area contributed by atoms with Gasteiger partial charge in [0.05, 0.1) is 0 Å². The minimum Gasteiger partial charge on any atom is -0.123 e. The van der Waals surface area contributed by atoms with Gasteiger partial charge in [0.1, 0.15) is 0 Å². The minimum atomic E-state index is 0.909. The van der Waals surface area contributed by atoms with Crippen LogP contribution in [-0.4, -0.2) is 5.25 Å². The molecule has 1 heteroatoms. The van der Waals surface area contributed by atoms with Crippen LogP contribution in [0.4, 0.5) is 0 Å².